The zero-order valence-corrected chi connectivity index (χ0v) is 15.5. The van der Waals surface area contributed by atoms with E-state index >= 15 is 0 Å². The second-order valence-corrected chi connectivity index (χ2v) is 8.13. The van der Waals surface area contributed by atoms with Crippen LogP contribution < -0.4 is 11.3 Å². The van der Waals surface area contributed by atoms with Crippen molar-refractivity contribution in [3.8, 4) is 0 Å². The molecule has 3 N–H and O–H groups in total. The standard InChI is InChI=1S/C12H9Br3F2N2S/c13-6-1-2-8(16)5(11(6)17)3-9(19-18)10-4-7(14)12(15)20-10/h1-2,4,9,19H,3,18H2. The molecule has 108 valence electrons. The largest absolute Gasteiger partial charge is 0.271 e. The average molecular weight is 491 g/mol. The maximum atomic E-state index is 14.0. The van der Waals surface area contributed by atoms with Crippen molar-refractivity contribution in [1.82, 2.24) is 5.43 Å². The minimum atomic E-state index is -0.597. The first-order valence-electron chi connectivity index (χ1n) is 5.47. The molecule has 2 nitrogen and oxygen atoms in total. The van der Waals surface area contributed by atoms with Gasteiger partial charge in [-0.15, -0.1) is 11.3 Å². The first kappa shape index (κ1) is 16.5. The van der Waals surface area contributed by atoms with Gasteiger partial charge in [0.05, 0.1) is 14.3 Å². The topological polar surface area (TPSA) is 38.0 Å². The van der Waals surface area contributed by atoms with Crippen molar-refractivity contribution in [3.63, 3.8) is 0 Å². The summed E-state index contributed by atoms with van der Waals surface area (Å²) in [7, 11) is 0. The van der Waals surface area contributed by atoms with Gasteiger partial charge in [-0.2, -0.15) is 0 Å². The Morgan fingerprint density at radius 1 is 1.20 bits per heavy atom. The van der Waals surface area contributed by atoms with Gasteiger partial charge in [0.1, 0.15) is 11.6 Å². The van der Waals surface area contributed by atoms with E-state index in [1.54, 1.807) is 0 Å². The Labute approximate surface area is 144 Å². The van der Waals surface area contributed by atoms with Gasteiger partial charge in [0.25, 0.3) is 0 Å². The maximum absolute atomic E-state index is 14.0. The van der Waals surface area contributed by atoms with Crippen LogP contribution in [0, 0.1) is 11.6 Å². The van der Waals surface area contributed by atoms with Crippen LogP contribution in [0.1, 0.15) is 16.5 Å². The van der Waals surface area contributed by atoms with Gasteiger partial charge in [-0.1, -0.05) is 0 Å². The fourth-order valence-electron chi connectivity index (χ4n) is 1.74. The van der Waals surface area contributed by atoms with Gasteiger partial charge in [0, 0.05) is 14.9 Å². The monoisotopic (exact) mass is 488 g/mol. The lowest BCUT2D eigenvalue weighted by Crippen LogP contribution is -2.29. The first-order valence-corrected chi connectivity index (χ1v) is 8.66. The summed E-state index contributed by atoms with van der Waals surface area (Å²) in [6.07, 6.45) is 0.118. The second-order valence-electron chi connectivity index (χ2n) is 4.02. The maximum Gasteiger partial charge on any atom is 0.143 e. The Kier molecular flexibility index (Phi) is 5.72. The highest BCUT2D eigenvalue weighted by Crippen LogP contribution is 2.37. The molecular weight excluding hydrogens is 482 g/mol. The van der Waals surface area contributed by atoms with Crippen molar-refractivity contribution < 1.29 is 8.78 Å². The van der Waals surface area contributed by atoms with Crippen LogP contribution in [0.4, 0.5) is 8.78 Å². The molecule has 2 aromatic rings. The van der Waals surface area contributed by atoms with E-state index in [0.29, 0.717) is 0 Å². The van der Waals surface area contributed by atoms with Gasteiger partial charge in [0.15, 0.2) is 0 Å². The Morgan fingerprint density at radius 2 is 1.90 bits per heavy atom. The quantitative estimate of drug-likeness (QED) is 0.357. The molecular formula is C12H9Br3F2N2S. The molecule has 0 aliphatic carbocycles. The summed E-state index contributed by atoms with van der Waals surface area (Å²) in [6.45, 7) is 0. The van der Waals surface area contributed by atoms with Gasteiger partial charge < -0.3 is 0 Å². The smallest absolute Gasteiger partial charge is 0.143 e. The fourth-order valence-corrected chi connectivity index (χ4v) is 4.26. The molecule has 0 amide bonds. The van der Waals surface area contributed by atoms with Crippen molar-refractivity contribution in [1.29, 1.82) is 0 Å². The van der Waals surface area contributed by atoms with Gasteiger partial charge >= 0.3 is 0 Å². The van der Waals surface area contributed by atoms with Crippen molar-refractivity contribution in [3.05, 3.63) is 53.0 Å². The lowest BCUT2D eigenvalue weighted by atomic mass is 10.0. The Hall–Kier alpha value is 0.140. The zero-order chi connectivity index (χ0) is 14.9. The fraction of sp³-hybridized carbons (Fsp3) is 0.167. The normalized spacial score (nSPS) is 12.7. The number of benzene rings is 1. The Morgan fingerprint density at radius 3 is 2.45 bits per heavy atom. The number of rotatable bonds is 4. The SMILES string of the molecule is NNC(Cc1c(F)ccc(Br)c1F)c1cc(Br)c(Br)s1. The third-order valence-electron chi connectivity index (χ3n) is 2.76. The third kappa shape index (κ3) is 3.48. The predicted molar refractivity (Wildman–Crippen MR) is 87.5 cm³/mol. The summed E-state index contributed by atoms with van der Waals surface area (Å²) in [5.74, 6) is 4.34. The summed E-state index contributed by atoms with van der Waals surface area (Å²) in [5.41, 5.74) is 2.60. The lowest BCUT2D eigenvalue weighted by molar-refractivity contribution is 0.502. The summed E-state index contributed by atoms with van der Waals surface area (Å²) in [4.78, 5) is 0.880. The van der Waals surface area contributed by atoms with Crippen LogP contribution in [-0.2, 0) is 6.42 Å². The van der Waals surface area contributed by atoms with Crippen LogP contribution in [0.3, 0.4) is 0 Å². The number of thiophene rings is 1. The molecule has 1 aromatic carbocycles. The minimum Gasteiger partial charge on any atom is -0.271 e. The molecule has 1 heterocycles. The van der Waals surface area contributed by atoms with E-state index in [1.165, 1.54) is 23.5 Å². The van der Waals surface area contributed by atoms with E-state index in [4.69, 9.17) is 5.84 Å². The molecule has 1 aromatic heterocycles. The third-order valence-corrected chi connectivity index (χ3v) is 6.74. The number of hydrogen-bond donors (Lipinski definition) is 2. The molecule has 0 aliphatic rings. The molecule has 0 aliphatic heterocycles. The van der Waals surface area contributed by atoms with Gasteiger partial charge in [-0.3, -0.25) is 11.3 Å². The van der Waals surface area contributed by atoms with E-state index in [-0.39, 0.29) is 22.5 Å². The Bertz CT molecular complexity index is 614. The van der Waals surface area contributed by atoms with Crippen LogP contribution in [0.15, 0.2) is 30.9 Å². The molecule has 0 spiro atoms. The number of nitrogens with two attached hydrogens (primary N) is 1. The van der Waals surface area contributed by atoms with Crippen LogP contribution in [0.5, 0.6) is 0 Å². The van der Waals surface area contributed by atoms with Gasteiger partial charge in [0.2, 0.25) is 0 Å². The number of hydrazine groups is 1. The Balaban J connectivity index is 2.34. The minimum absolute atomic E-state index is 0.00275. The zero-order valence-electron chi connectivity index (χ0n) is 9.89. The highest BCUT2D eigenvalue weighted by atomic mass is 79.9. The molecule has 1 unspecified atom stereocenters. The van der Waals surface area contributed by atoms with E-state index < -0.39 is 11.6 Å². The van der Waals surface area contributed by atoms with Crippen LogP contribution in [0.2, 0.25) is 0 Å². The molecule has 1 atom stereocenters. The molecule has 0 fully saturated rings. The van der Waals surface area contributed by atoms with Crippen LogP contribution in [0.25, 0.3) is 0 Å². The van der Waals surface area contributed by atoms with E-state index in [2.05, 4.69) is 53.2 Å². The van der Waals surface area contributed by atoms with Crippen molar-refractivity contribution in [2.75, 3.05) is 0 Å². The van der Waals surface area contributed by atoms with E-state index in [1.807, 2.05) is 6.07 Å². The highest BCUT2D eigenvalue weighted by molar-refractivity contribution is 9.13. The number of hydrogen-bond acceptors (Lipinski definition) is 3. The number of nitrogens with one attached hydrogen (secondary N) is 1. The highest BCUT2D eigenvalue weighted by Gasteiger charge is 2.20. The van der Waals surface area contributed by atoms with Crippen molar-refractivity contribution in [2.45, 2.75) is 12.5 Å². The van der Waals surface area contributed by atoms with Gasteiger partial charge in [-0.25, -0.2) is 8.78 Å². The molecule has 0 saturated heterocycles. The molecule has 20 heavy (non-hydrogen) atoms. The summed E-state index contributed by atoms with van der Waals surface area (Å²) in [6, 6.07) is 4.07. The molecule has 8 heteroatoms. The summed E-state index contributed by atoms with van der Waals surface area (Å²) < 4.78 is 29.8. The average Bonchev–Trinajstić information content (AvgIpc) is 2.74. The predicted octanol–water partition coefficient (Wildman–Crippen LogP) is 5.06. The molecule has 2 rings (SSSR count). The summed E-state index contributed by atoms with van der Waals surface area (Å²) in [5, 5.41) is 0. The lowest BCUT2D eigenvalue weighted by Gasteiger charge is -2.15. The van der Waals surface area contributed by atoms with Crippen LogP contribution >= 0.6 is 59.1 Å². The number of halogens is 5. The van der Waals surface area contributed by atoms with Gasteiger partial charge in [-0.05, 0) is 72.4 Å². The van der Waals surface area contributed by atoms with Crippen molar-refractivity contribution >= 4 is 59.1 Å². The second kappa shape index (κ2) is 6.93. The molecule has 0 bridgehead atoms. The first-order chi connectivity index (χ1) is 9.43. The summed E-state index contributed by atoms with van der Waals surface area (Å²) >= 11 is 11.3. The van der Waals surface area contributed by atoms with E-state index in [0.717, 1.165) is 13.1 Å². The van der Waals surface area contributed by atoms with Crippen molar-refractivity contribution in [2.24, 2.45) is 5.84 Å². The van der Waals surface area contributed by atoms with Crippen LogP contribution in [-0.4, -0.2) is 0 Å². The molecule has 0 radical (unpaired) electrons. The van der Waals surface area contributed by atoms with E-state index in [9.17, 15) is 8.78 Å². The molecule has 0 saturated carbocycles.